The van der Waals surface area contributed by atoms with Crippen LogP contribution in [0.4, 0.5) is 5.69 Å². The molecule has 0 amide bonds. The van der Waals surface area contributed by atoms with Crippen LogP contribution in [0, 0.1) is 27.7 Å². The molecule has 0 unspecified atom stereocenters. The van der Waals surface area contributed by atoms with E-state index in [9.17, 15) is 4.79 Å². The van der Waals surface area contributed by atoms with Gasteiger partial charge in [0.15, 0.2) is 5.78 Å². The number of benzene rings is 2. The molecule has 0 spiro atoms. The van der Waals surface area contributed by atoms with Crippen molar-refractivity contribution in [2.24, 2.45) is 0 Å². The average molecular weight is 283 g/mol. The smallest absolute Gasteiger partial charge is 0.199 e. The van der Waals surface area contributed by atoms with Gasteiger partial charge in [-0.2, -0.15) is 0 Å². The second kappa shape index (κ2) is 5.60. The molecule has 0 aliphatic heterocycles. The number of carbonyl (C=O) groups is 1. The summed E-state index contributed by atoms with van der Waals surface area (Å²) in [6.07, 6.45) is 0. The molecular weight excluding hydrogens is 262 g/mol. The second-order valence-electron chi connectivity index (χ2n) is 5.39. The van der Waals surface area contributed by atoms with E-state index in [0.717, 1.165) is 27.8 Å². The molecule has 2 rings (SSSR count). The predicted octanol–water partition coefficient (Wildman–Crippen LogP) is 3.74. The normalized spacial score (nSPS) is 10.5. The van der Waals surface area contributed by atoms with Gasteiger partial charge in [0.1, 0.15) is 5.75 Å². The van der Waals surface area contributed by atoms with Crippen LogP contribution in [0.25, 0.3) is 0 Å². The molecule has 3 nitrogen and oxygen atoms in total. The predicted molar refractivity (Wildman–Crippen MR) is 86.2 cm³/mol. The molecule has 3 heteroatoms. The van der Waals surface area contributed by atoms with Gasteiger partial charge in [-0.15, -0.1) is 0 Å². The number of rotatable bonds is 3. The molecule has 0 saturated carbocycles. The van der Waals surface area contributed by atoms with Crippen molar-refractivity contribution >= 4 is 11.5 Å². The number of anilines is 1. The van der Waals surface area contributed by atoms with E-state index in [0.29, 0.717) is 17.0 Å². The molecule has 21 heavy (non-hydrogen) atoms. The number of hydrogen-bond acceptors (Lipinski definition) is 3. The quantitative estimate of drug-likeness (QED) is 0.689. The maximum absolute atomic E-state index is 13.0. The molecule has 0 aliphatic rings. The zero-order valence-electron chi connectivity index (χ0n) is 13.2. The van der Waals surface area contributed by atoms with E-state index in [-0.39, 0.29) is 5.78 Å². The standard InChI is InChI=1S/C18H21NO2/c1-10-9-11(2)13(4)16(12(10)3)18(20)17-14(19)7-6-8-15(17)21-5/h6-9H,19H2,1-5H3. The summed E-state index contributed by atoms with van der Waals surface area (Å²) in [4.78, 5) is 13.0. The molecule has 0 aliphatic carbocycles. The maximum Gasteiger partial charge on any atom is 0.199 e. The minimum absolute atomic E-state index is 0.0771. The molecular formula is C18H21NO2. The Morgan fingerprint density at radius 1 is 1.00 bits per heavy atom. The second-order valence-corrected chi connectivity index (χ2v) is 5.39. The molecule has 0 heterocycles. The van der Waals surface area contributed by atoms with Crippen LogP contribution in [0.1, 0.15) is 38.2 Å². The molecule has 110 valence electrons. The fraction of sp³-hybridized carbons (Fsp3) is 0.278. The Morgan fingerprint density at radius 2 is 1.57 bits per heavy atom. The number of hydrogen-bond donors (Lipinski definition) is 1. The van der Waals surface area contributed by atoms with Crippen LogP contribution in [0.2, 0.25) is 0 Å². The highest BCUT2D eigenvalue weighted by Crippen LogP contribution is 2.31. The van der Waals surface area contributed by atoms with Gasteiger partial charge in [0, 0.05) is 11.3 Å². The van der Waals surface area contributed by atoms with Crippen molar-refractivity contribution in [3.8, 4) is 5.75 Å². The Kier molecular flexibility index (Phi) is 4.03. The van der Waals surface area contributed by atoms with E-state index in [1.54, 1.807) is 25.3 Å². The van der Waals surface area contributed by atoms with Crippen molar-refractivity contribution in [1.29, 1.82) is 0 Å². The number of ether oxygens (including phenoxy) is 1. The third-order valence-electron chi connectivity index (χ3n) is 4.10. The van der Waals surface area contributed by atoms with Crippen LogP contribution < -0.4 is 10.5 Å². The monoisotopic (exact) mass is 283 g/mol. The topological polar surface area (TPSA) is 52.3 Å². The number of aryl methyl sites for hydroxylation is 2. The fourth-order valence-corrected chi connectivity index (χ4v) is 2.64. The van der Waals surface area contributed by atoms with Crippen molar-refractivity contribution < 1.29 is 9.53 Å². The number of methoxy groups -OCH3 is 1. The molecule has 2 aromatic carbocycles. The highest BCUT2D eigenvalue weighted by atomic mass is 16.5. The Bertz CT molecular complexity index is 691. The zero-order valence-corrected chi connectivity index (χ0v) is 13.2. The summed E-state index contributed by atoms with van der Waals surface area (Å²) in [7, 11) is 1.55. The first-order chi connectivity index (χ1) is 9.88. The molecule has 0 atom stereocenters. The summed E-state index contributed by atoms with van der Waals surface area (Å²) in [5.74, 6) is 0.435. The lowest BCUT2D eigenvalue weighted by atomic mass is 9.88. The minimum atomic E-state index is -0.0771. The number of nitrogens with two attached hydrogens (primary N) is 1. The first-order valence-corrected chi connectivity index (χ1v) is 6.93. The molecule has 0 bridgehead atoms. The molecule has 2 N–H and O–H groups in total. The number of nitrogen functional groups attached to an aromatic ring is 1. The molecule has 2 aromatic rings. The van der Waals surface area contributed by atoms with E-state index in [1.807, 2.05) is 27.7 Å². The summed E-state index contributed by atoms with van der Waals surface area (Å²) in [6.45, 7) is 7.98. The third kappa shape index (κ3) is 2.51. The molecule has 0 fully saturated rings. The van der Waals surface area contributed by atoms with E-state index in [1.165, 1.54) is 0 Å². The van der Waals surface area contributed by atoms with Crippen LogP contribution in [-0.2, 0) is 0 Å². The van der Waals surface area contributed by atoms with Crippen LogP contribution in [0.3, 0.4) is 0 Å². The van der Waals surface area contributed by atoms with Gasteiger partial charge in [-0.3, -0.25) is 4.79 Å². The van der Waals surface area contributed by atoms with Crippen LogP contribution >= 0.6 is 0 Å². The summed E-state index contributed by atoms with van der Waals surface area (Å²) >= 11 is 0. The Hall–Kier alpha value is -2.29. The van der Waals surface area contributed by atoms with Crippen molar-refractivity contribution in [2.45, 2.75) is 27.7 Å². The van der Waals surface area contributed by atoms with Gasteiger partial charge >= 0.3 is 0 Å². The minimum Gasteiger partial charge on any atom is -0.496 e. The highest BCUT2D eigenvalue weighted by Gasteiger charge is 2.22. The number of ketones is 1. The highest BCUT2D eigenvalue weighted by molar-refractivity contribution is 6.15. The summed E-state index contributed by atoms with van der Waals surface area (Å²) in [5, 5.41) is 0. The van der Waals surface area contributed by atoms with E-state index in [4.69, 9.17) is 10.5 Å². The lowest BCUT2D eigenvalue weighted by molar-refractivity contribution is 0.103. The molecule has 0 saturated heterocycles. The largest absolute Gasteiger partial charge is 0.496 e. The summed E-state index contributed by atoms with van der Waals surface area (Å²) in [5.41, 5.74) is 11.8. The average Bonchev–Trinajstić information content (AvgIpc) is 2.44. The van der Waals surface area contributed by atoms with Crippen LogP contribution in [0.5, 0.6) is 5.75 Å². The van der Waals surface area contributed by atoms with Crippen LogP contribution in [0.15, 0.2) is 24.3 Å². The Balaban J connectivity index is 2.72. The van der Waals surface area contributed by atoms with Gasteiger partial charge in [0.2, 0.25) is 0 Å². The first kappa shape index (κ1) is 15.1. The van der Waals surface area contributed by atoms with Crippen molar-refractivity contribution in [1.82, 2.24) is 0 Å². The van der Waals surface area contributed by atoms with Gasteiger partial charge in [0.05, 0.1) is 12.7 Å². The van der Waals surface area contributed by atoms with E-state index >= 15 is 0 Å². The first-order valence-electron chi connectivity index (χ1n) is 6.93. The van der Waals surface area contributed by atoms with E-state index < -0.39 is 0 Å². The SMILES string of the molecule is COc1cccc(N)c1C(=O)c1c(C)c(C)cc(C)c1C. The molecule has 0 radical (unpaired) electrons. The van der Waals surface area contributed by atoms with Crippen molar-refractivity contribution in [2.75, 3.05) is 12.8 Å². The molecule has 0 aromatic heterocycles. The summed E-state index contributed by atoms with van der Waals surface area (Å²) < 4.78 is 5.31. The van der Waals surface area contributed by atoms with Gasteiger partial charge in [-0.25, -0.2) is 0 Å². The summed E-state index contributed by atoms with van der Waals surface area (Å²) in [6, 6.07) is 7.37. The van der Waals surface area contributed by atoms with Crippen molar-refractivity contribution in [3.63, 3.8) is 0 Å². The maximum atomic E-state index is 13.0. The van der Waals surface area contributed by atoms with E-state index in [2.05, 4.69) is 6.07 Å². The van der Waals surface area contributed by atoms with Gasteiger partial charge in [0.25, 0.3) is 0 Å². The number of carbonyl (C=O) groups excluding carboxylic acids is 1. The fourth-order valence-electron chi connectivity index (χ4n) is 2.64. The lowest BCUT2D eigenvalue weighted by Crippen LogP contribution is -2.12. The Labute approximate surface area is 125 Å². The van der Waals surface area contributed by atoms with Crippen LogP contribution in [-0.4, -0.2) is 12.9 Å². The van der Waals surface area contributed by atoms with Crippen molar-refractivity contribution in [3.05, 3.63) is 57.6 Å². The van der Waals surface area contributed by atoms with Gasteiger partial charge in [-0.05, 0) is 62.1 Å². The van der Waals surface area contributed by atoms with Gasteiger partial charge in [-0.1, -0.05) is 12.1 Å². The zero-order chi connectivity index (χ0) is 15.7. The lowest BCUT2D eigenvalue weighted by Gasteiger charge is -2.16. The Morgan fingerprint density at radius 3 is 2.10 bits per heavy atom. The third-order valence-corrected chi connectivity index (χ3v) is 4.10. The van der Waals surface area contributed by atoms with Gasteiger partial charge < -0.3 is 10.5 Å².